The fourth-order valence-electron chi connectivity index (χ4n) is 2.64. The van der Waals surface area contributed by atoms with Crippen LogP contribution in [0.1, 0.15) is 26.4 Å². The van der Waals surface area contributed by atoms with Gasteiger partial charge in [0, 0.05) is 5.56 Å². The highest BCUT2D eigenvalue weighted by Gasteiger charge is 2.27. The van der Waals surface area contributed by atoms with E-state index in [0.717, 1.165) is 22.5 Å². The lowest BCUT2D eigenvalue weighted by molar-refractivity contribution is 0.102. The molecule has 1 amide bonds. The van der Waals surface area contributed by atoms with Crippen LogP contribution in [0, 0.1) is 42.9 Å². The van der Waals surface area contributed by atoms with Crippen molar-refractivity contribution >= 4 is 22.9 Å². The van der Waals surface area contributed by atoms with Crippen LogP contribution in [0.4, 0.5) is 27.6 Å². The van der Waals surface area contributed by atoms with Crippen molar-refractivity contribution in [2.75, 3.05) is 5.32 Å². The fourth-order valence-corrected chi connectivity index (χ4v) is 3.43. The molecule has 0 aliphatic heterocycles. The molecule has 29 heavy (non-hydrogen) atoms. The van der Waals surface area contributed by atoms with Crippen molar-refractivity contribution in [2.45, 2.75) is 20.5 Å². The van der Waals surface area contributed by atoms with Crippen LogP contribution in [0.5, 0.6) is 5.75 Å². The molecule has 0 unspecified atom stereocenters. The molecular weight excluding hydrogens is 413 g/mol. The number of carbonyl (C=O) groups excluding carboxylic acids is 1. The third-order valence-electron chi connectivity index (χ3n) is 3.93. The zero-order valence-electron chi connectivity index (χ0n) is 15.2. The number of carbonyl (C=O) groups is 1. The summed E-state index contributed by atoms with van der Waals surface area (Å²) in [5.41, 5.74) is 1.26. The van der Waals surface area contributed by atoms with E-state index in [2.05, 4.69) is 0 Å². The number of nitrogens with one attached hydrogen (secondary N) is 1. The number of anilines is 1. The van der Waals surface area contributed by atoms with E-state index in [4.69, 9.17) is 4.74 Å². The highest BCUT2D eigenvalue weighted by molar-refractivity contribution is 7.12. The highest BCUT2D eigenvalue weighted by atomic mass is 32.1. The molecule has 0 saturated heterocycles. The molecule has 3 aromatic rings. The number of rotatable bonds is 5. The van der Waals surface area contributed by atoms with Crippen LogP contribution in [0.25, 0.3) is 0 Å². The predicted molar refractivity (Wildman–Crippen MR) is 98.8 cm³/mol. The Kier molecular flexibility index (Phi) is 5.88. The van der Waals surface area contributed by atoms with Gasteiger partial charge in [-0.15, -0.1) is 11.3 Å². The van der Waals surface area contributed by atoms with E-state index in [1.165, 1.54) is 6.07 Å². The van der Waals surface area contributed by atoms with Gasteiger partial charge in [0.1, 0.15) is 18.0 Å². The maximum Gasteiger partial charge on any atom is 0.265 e. The van der Waals surface area contributed by atoms with E-state index in [1.54, 1.807) is 10.7 Å². The van der Waals surface area contributed by atoms with E-state index in [0.29, 0.717) is 11.3 Å². The van der Waals surface area contributed by atoms with E-state index in [-0.39, 0.29) is 11.5 Å². The summed E-state index contributed by atoms with van der Waals surface area (Å²) in [5.74, 6) is -11.1. The van der Waals surface area contributed by atoms with Crippen molar-refractivity contribution in [3.05, 3.63) is 80.3 Å². The second kappa shape index (κ2) is 8.20. The molecule has 1 aromatic heterocycles. The number of hydrogen-bond acceptors (Lipinski definition) is 3. The van der Waals surface area contributed by atoms with Crippen LogP contribution in [-0.4, -0.2) is 5.91 Å². The Bertz CT molecular complexity index is 1050. The fraction of sp³-hybridized carbons (Fsp3) is 0.150. The molecule has 0 bridgehead atoms. The third-order valence-corrected chi connectivity index (χ3v) is 4.90. The first-order chi connectivity index (χ1) is 13.7. The van der Waals surface area contributed by atoms with Gasteiger partial charge in [0.25, 0.3) is 5.91 Å². The molecule has 0 fully saturated rings. The second-order valence-corrected chi connectivity index (χ2v) is 7.24. The number of halogens is 5. The molecule has 0 spiro atoms. The highest BCUT2D eigenvalue weighted by Crippen LogP contribution is 2.28. The minimum absolute atomic E-state index is 0.0213. The summed E-state index contributed by atoms with van der Waals surface area (Å²) >= 11 is 0.943. The van der Waals surface area contributed by atoms with E-state index in [1.807, 2.05) is 32.0 Å². The predicted octanol–water partition coefficient (Wildman–Crippen LogP) is 5.89. The van der Waals surface area contributed by atoms with Gasteiger partial charge < -0.3 is 10.1 Å². The minimum Gasteiger partial charge on any atom is -0.489 e. The van der Waals surface area contributed by atoms with E-state index in [9.17, 15) is 26.7 Å². The third kappa shape index (κ3) is 4.40. The van der Waals surface area contributed by atoms with Gasteiger partial charge in [-0.3, -0.25) is 4.79 Å². The monoisotopic (exact) mass is 427 g/mol. The van der Waals surface area contributed by atoms with E-state index >= 15 is 0 Å². The Hall–Kier alpha value is -2.94. The average Bonchev–Trinajstić information content (AvgIpc) is 3.15. The number of hydrogen-bond donors (Lipinski definition) is 1. The molecule has 3 nitrogen and oxygen atoms in total. The van der Waals surface area contributed by atoms with Crippen LogP contribution in [0.15, 0.2) is 29.6 Å². The maximum atomic E-state index is 13.7. The largest absolute Gasteiger partial charge is 0.489 e. The molecular formula is C20H14F5NO2S. The number of benzene rings is 2. The number of amides is 1. The summed E-state index contributed by atoms with van der Waals surface area (Å²) in [6.07, 6.45) is 0. The molecule has 152 valence electrons. The van der Waals surface area contributed by atoms with E-state index < -0.39 is 40.7 Å². The van der Waals surface area contributed by atoms with Crippen LogP contribution < -0.4 is 10.1 Å². The molecule has 0 aliphatic carbocycles. The Labute approximate surface area is 166 Å². The van der Waals surface area contributed by atoms with Crippen LogP contribution in [0.2, 0.25) is 0 Å². The summed E-state index contributed by atoms with van der Waals surface area (Å²) in [5, 5.41) is 3.33. The van der Waals surface area contributed by atoms with Gasteiger partial charge in [-0.05, 0) is 48.6 Å². The SMILES string of the molecule is Cc1cc(C)cc(OCc2csc(C(=O)Nc3c(F)c(F)c(F)c(F)c3F)c2)c1. The first-order valence-electron chi connectivity index (χ1n) is 8.28. The summed E-state index contributed by atoms with van der Waals surface area (Å²) < 4.78 is 72.7. The zero-order valence-corrected chi connectivity index (χ0v) is 16.0. The molecule has 0 aliphatic rings. The normalized spacial score (nSPS) is 10.9. The first-order valence-corrected chi connectivity index (χ1v) is 9.16. The van der Waals surface area contributed by atoms with Crippen molar-refractivity contribution in [1.29, 1.82) is 0 Å². The van der Waals surface area contributed by atoms with Gasteiger partial charge in [-0.2, -0.15) is 0 Å². The lowest BCUT2D eigenvalue weighted by atomic mass is 10.1. The van der Waals surface area contributed by atoms with Gasteiger partial charge in [0.05, 0.1) is 4.88 Å². The van der Waals surface area contributed by atoms with Gasteiger partial charge in [-0.1, -0.05) is 6.07 Å². The van der Waals surface area contributed by atoms with Crippen molar-refractivity contribution < 1.29 is 31.5 Å². The molecule has 0 saturated carbocycles. The van der Waals surface area contributed by atoms with Gasteiger partial charge >= 0.3 is 0 Å². The van der Waals surface area contributed by atoms with Crippen molar-refractivity contribution in [2.24, 2.45) is 0 Å². The molecule has 0 atom stereocenters. The molecule has 3 rings (SSSR count). The van der Waals surface area contributed by atoms with Crippen LogP contribution >= 0.6 is 11.3 Å². The molecule has 1 N–H and O–H groups in total. The standard InChI is InChI=1S/C20H14F5NO2S/c1-9-3-10(2)5-12(4-9)28-7-11-6-13(29-8-11)20(27)26-19-17(24)15(22)14(21)16(23)18(19)25/h3-6,8H,7H2,1-2H3,(H,26,27). The molecule has 0 radical (unpaired) electrons. The Morgan fingerprint density at radius 3 is 2.03 bits per heavy atom. The Morgan fingerprint density at radius 1 is 0.897 bits per heavy atom. The average molecular weight is 427 g/mol. The zero-order chi connectivity index (χ0) is 21.3. The maximum absolute atomic E-state index is 13.7. The number of thiophene rings is 1. The molecule has 2 aromatic carbocycles. The second-order valence-electron chi connectivity index (χ2n) is 6.33. The summed E-state index contributed by atoms with van der Waals surface area (Å²) in [4.78, 5) is 12.2. The molecule has 9 heteroatoms. The quantitative estimate of drug-likeness (QED) is 0.313. The van der Waals surface area contributed by atoms with Gasteiger partial charge in [0.15, 0.2) is 23.3 Å². The Balaban J connectivity index is 1.73. The van der Waals surface area contributed by atoms with Crippen molar-refractivity contribution in [1.82, 2.24) is 0 Å². The topological polar surface area (TPSA) is 38.3 Å². The van der Waals surface area contributed by atoms with Crippen molar-refractivity contribution in [3.8, 4) is 5.75 Å². The summed E-state index contributed by atoms with van der Waals surface area (Å²) in [7, 11) is 0. The number of ether oxygens (including phenoxy) is 1. The lowest BCUT2D eigenvalue weighted by Crippen LogP contribution is -2.16. The van der Waals surface area contributed by atoms with Crippen LogP contribution in [-0.2, 0) is 6.61 Å². The van der Waals surface area contributed by atoms with Gasteiger partial charge in [-0.25, -0.2) is 22.0 Å². The summed E-state index contributed by atoms with van der Waals surface area (Å²) in [6.45, 7) is 3.98. The van der Waals surface area contributed by atoms with Crippen LogP contribution in [0.3, 0.4) is 0 Å². The number of aryl methyl sites for hydroxylation is 2. The lowest BCUT2D eigenvalue weighted by Gasteiger charge is -2.09. The molecule has 1 heterocycles. The van der Waals surface area contributed by atoms with Crippen molar-refractivity contribution in [3.63, 3.8) is 0 Å². The first kappa shape index (κ1) is 20.8. The smallest absolute Gasteiger partial charge is 0.265 e. The summed E-state index contributed by atoms with van der Waals surface area (Å²) in [6, 6.07) is 7.08. The minimum atomic E-state index is -2.29. The van der Waals surface area contributed by atoms with Gasteiger partial charge in [0.2, 0.25) is 5.82 Å². The Morgan fingerprint density at radius 2 is 1.45 bits per heavy atom.